The van der Waals surface area contributed by atoms with Crippen LogP contribution in [0.1, 0.15) is 11.3 Å². The van der Waals surface area contributed by atoms with Crippen molar-refractivity contribution in [2.45, 2.75) is 12.7 Å². The van der Waals surface area contributed by atoms with E-state index in [2.05, 4.69) is 20.6 Å². The lowest BCUT2D eigenvalue weighted by molar-refractivity contribution is -0.383. The molecule has 0 aliphatic rings. The number of hydrogen-bond acceptors (Lipinski definition) is 7. The molecule has 2 heterocycles. The number of aromatic nitrogens is 2. The minimum absolute atomic E-state index is 0.0736. The molecule has 2 aromatic heterocycles. The van der Waals surface area contributed by atoms with Crippen LogP contribution in [0.5, 0.6) is 0 Å². The lowest BCUT2D eigenvalue weighted by Crippen LogP contribution is -2.09. The molecule has 0 aliphatic carbocycles. The zero-order valence-electron chi connectivity index (χ0n) is 13.8. The Balaban J connectivity index is 1.92. The van der Waals surface area contributed by atoms with E-state index in [0.717, 1.165) is 18.5 Å². The molecule has 0 radical (unpaired) electrons. The second-order valence-electron chi connectivity index (χ2n) is 5.43. The van der Waals surface area contributed by atoms with Gasteiger partial charge < -0.3 is 15.1 Å². The first-order chi connectivity index (χ1) is 13.3. The van der Waals surface area contributed by atoms with Gasteiger partial charge in [-0.2, -0.15) is 13.2 Å². The summed E-state index contributed by atoms with van der Waals surface area (Å²) >= 11 is 5.58. The molecule has 0 fully saturated rings. The van der Waals surface area contributed by atoms with Crippen LogP contribution in [0.3, 0.4) is 0 Å². The Kier molecular flexibility index (Phi) is 5.36. The van der Waals surface area contributed by atoms with Crippen LogP contribution in [0.15, 0.2) is 47.3 Å². The zero-order valence-corrected chi connectivity index (χ0v) is 14.6. The first kappa shape index (κ1) is 19.4. The molecule has 146 valence electrons. The molecule has 3 rings (SSSR count). The van der Waals surface area contributed by atoms with Crippen LogP contribution in [0.2, 0.25) is 5.02 Å². The van der Waals surface area contributed by atoms with Gasteiger partial charge in [0.2, 0.25) is 11.6 Å². The second kappa shape index (κ2) is 7.72. The van der Waals surface area contributed by atoms with Gasteiger partial charge in [0.05, 0.1) is 28.3 Å². The van der Waals surface area contributed by atoms with Crippen molar-refractivity contribution in [3.8, 4) is 0 Å². The highest BCUT2D eigenvalue weighted by atomic mass is 35.5. The fraction of sp³-hybridized carbons (Fsp3) is 0.125. The van der Waals surface area contributed by atoms with E-state index in [-0.39, 0.29) is 23.9 Å². The quantitative estimate of drug-likeness (QED) is 0.432. The summed E-state index contributed by atoms with van der Waals surface area (Å²) in [4.78, 5) is 18.4. The van der Waals surface area contributed by atoms with E-state index >= 15 is 0 Å². The van der Waals surface area contributed by atoms with Crippen LogP contribution in [0.4, 0.5) is 36.2 Å². The average Bonchev–Trinajstić information content (AvgIpc) is 3.14. The molecule has 0 atom stereocenters. The van der Waals surface area contributed by atoms with Crippen LogP contribution in [-0.4, -0.2) is 14.9 Å². The SMILES string of the molecule is O=[N+]([O-])c1c(NCc2ccco2)ncnc1Nc1ccc(Cl)c(C(F)(F)F)c1. The number of nitro groups is 1. The minimum Gasteiger partial charge on any atom is -0.467 e. The molecular weight excluding hydrogens is 403 g/mol. The first-order valence-corrected chi connectivity index (χ1v) is 8.03. The molecule has 12 heteroatoms. The monoisotopic (exact) mass is 413 g/mol. The van der Waals surface area contributed by atoms with Gasteiger partial charge in [0.1, 0.15) is 12.1 Å². The Morgan fingerprint density at radius 2 is 1.96 bits per heavy atom. The first-order valence-electron chi connectivity index (χ1n) is 7.65. The van der Waals surface area contributed by atoms with E-state index in [1.807, 2.05) is 0 Å². The summed E-state index contributed by atoms with van der Waals surface area (Å²) in [5.41, 5.74) is -1.68. The van der Waals surface area contributed by atoms with E-state index in [9.17, 15) is 23.3 Å². The van der Waals surface area contributed by atoms with Gasteiger partial charge in [-0.3, -0.25) is 10.1 Å². The Morgan fingerprint density at radius 1 is 1.21 bits per heavy atom. The number of nitrogens with zero attached hydrogens (tertiary/aromatic N) is 3. The van der Waals surface area contributed by atoms with Crippen molar-refractivity contribution < 1.29 is 22.5 Å². The Bertz CT molecular complexity index is 996. The number of furan rings is 1. The van der Waals surface area contributed by atoms with Crippen LogP contribution in [0, 0.1) is 10.1 Å². The van der Waals surface area contributed by atoms with Gasteiger partial charge in [-0.05, 0) is 30.3 Å². The van der Waals surface area contributed by atoms with Gasteiger partial charge in [0, 0.05) is 5.69 Å². The van der Waals surface area contributed by atoms with Gasteiger partial charge in [-0.15, -0.1) is 0 Å². The fourth-order valence-corrected chi connectivity index (χ4v) is 2.54. The molecular formula is C16H11ClF3N5O3. The van der Waals surface area contributed by atoms with Gasteiger partial charge in [0.15, 0.2) is 0 Å². The minimum atomic E-state index is -4.68. The number of halogens is 4. The highest BCUT2D eigenvalue weighted by Gasteiger charge is 2.33. The summed E-state index contributed by atoms with van der Waals surface area (Å²) in [5, 5.41) is 16.3. The normalized spacial score (nSPS) is 11.3. The van der Waals surface area contributed by atoms with Crippen molar-refractivity contribution in [3.05, 3.63) is 69.4 Å². The van der Waals surface area contributed by atoms with Gasteiger partial charge >= 0.3 is 11.9 Å². The van der Waals surface area contributed by atoms with E-state index in [1.54, 1.807) is 12.1 Å². The molecule has 3 aromatic rings. The average molecular weight is 414 g/mol. The highest BCUT2D eigenvalue weighted by Crippen LogP contribution is 2.38. The van der Waals surface area contributed by atoms with Gasteiger partial charge in [-0.1, -0.05) is 11.6 Å². The summed E-state index contributed by atoms with van der Waals surface area (Å²) < 4.78 is 44.2. The van der Waals surface area contributed by atoms with Crippen LogP contribution < -0.4 is 10.6 Å². The molecule has 0 saturated heterocycles. The van der Waals surface area contributed by atoms with Crippen molar-refractivity contribution in [2.75, 3.05) is 10.6 Å². The molecule has 0 aliphatic heterocycles. The number of alkyl halides is 3. The summed E-state index contributed by atoms with van der Waals surface area (Å²) in [6.45, 7) is 0.115. The molecule has 0 spiro atoms. The predicted molar refractivity (Wildman–Crippen MR) is 94.5 cm³/mol. The van der Waals surface area contributed by atoms with Crippen molar-refractivity contribution in [3.63, 3.8) is 0 Å². The molecule has 1 aromatic carbocycles. The summed E-state index contributed by atoms with van der Waals surface area (Å²) in [5.74, 6) is 0.108. The van der Waals surface area contributed by atoms with Crippen molar-refractivity contribution in [2.24, 2.45) is 0 Å². The Morgan fingerprint density at radius 3 is 2.61 bits per heavy atom. The Hall–Kier alpha value is -3.34. The summed E-state index contributed by atoms with van der Waals surface area (Å²) in [6, 6.07) is 6.34. The highest BCUT2D eigenvalue weighted by molar-refractivity contribution is 6.31. The number of nitrogens with one attached hydrogen (secondary N) is 2. The number of benzene rings is 1. The Labute approximate surface area is 160 Å². The maximum atomic E-state index is 13.0. The smallest absolute Gasteiger partial charge is 0.417 e. The molecule has 0 amide bonds. The van der Waals surface area contributed by atoms with Crippen LogP contribution in [-0.2, 0) is 12.7 Å². The molecule has 0 bridgehead atoms. The standard InChI is InChI=1S/C16H11ClF3N5O3/c17-12-4-3-9(6-11(12)16(18,19)20)24-15-13(25(26)27)14(22-8-23-15)21-7-10-2-1-5-28-10/h1-6,8H,7H2,(H2,21,22,23,24). The second-order valence-corrected chi connectivity index (χ2v) is 5.83. The number of anilines is 3. The lowest BCUT2D eigenvalue weighted by atomic mass is 10.2. The fourth-order valence-electron chi connectivity index (χ4n) is 2.31. The van der Waals surface area contributed by atoms with Crippen molar-refractivity contribution in [1.82, 2.24) is 9.97 Å². The largest absolute Gasteiger partial charge is 0.467 e. The third-order valence-corrected chi connectivity index (χ3v) is 3.88. The van der Waals surface area contributed by atoms with Crippen molar-refractivity contribution >= 4 is 34.6 Å². The third-order valence-electron chi connectivity index (χ3n) is 3.55. The topological polar surface area (TPSA) is 106 Å². The predicted octanol–water partition coefficient (Wildman–Crippen LogP) is 5.01. The van der Waals surface area contributed by atoms with Gasteiger partial charge in [0.25, 0.3) is 0 Å². The van der Waals surface area contributed by atoms with Crippen LogP contribution in [0.25, 0.3) is 0 Å². The van der Waals surface area contributed by atoms with E-state index in [1.165, 1.54) is 12.3 Å². The summed E-state index contributed by atoms with van der Waals surface area (Å²) in [7, 11) is 0. The van der Waals surface area contributed by atoms with E-state index in [0.29, 0.717) is 5.76 Å². The molecule has 28 heavy (non-hydrogen) atoms. The zero-order chi connectivity index (χ0) is 20.3. The molecule has 2 N–H and O–H groups in total. The van der Waals surface area contributed by atoms with Crippen LogP contribution >= 0.6 is 11.6 Å². The summed E-state index contributed by atoms with van der Waals surface area (Å²) in [6.07, 6.45) is -2.19. The number of hydrogen-bond donors (Lipinski definition) is 2. The van der Waals surface area contributed by atoms with E-state index < -0.39 is 27.4 Å². The maximum Gasteiger partial charge on any atom is 0.417 e. The van der Waals surface area contributed by atoms with E-state index in [4.69, 9.17) is 16.0 Å². The third kappa shape index (κ3) is 4.31. The number of rotatable bonds is 6. The maximum absolute atomic E-state index is 13.0. The lowest BCUT2D eigenvalue weighted by Gasteiger charge is -2.13. The molecule has 0 saturated carbocycles. The molecule has 0 unspecified atom stereocenters. The van der Waals surface area contributed by atoms with Gasteiger partial charge in [-0.25, -0.2) is 9.97 Å². The molecule has 8 nitrogen and oxygen atoms in total. The van der Waals surface area contributed by atoms with Crippen molar-refractivity contribution in [1.29, 1.82) is 0 Å².